The van der Waals surface area contributed by atoms with Crippen molar-refractivity contribution in [2.75, 3.05) is 26.8 Å². The van der Waals surface area contributed by atoms with Gasteiger partial charge in [-0.15, -0.1) is 0 Å². The predicted octanol–water partition coefficient (Wildman–Crippen LogP) is 2.58. The minimum absolute atomic E-state index is 0.652. The van der Waals surface area contributed by atoms with Gasteiger partial charge in [0.05, 0.1) is 13.7 Å². The van der Waals surface area contributed by atoms with Gasteiger partial charge in [-0.25, -0.2) is 5.01 Å². The monoisotopic (exact) mass is 264 g/mol. The Balaban J connectivity index is 1.93. The van der Waals surface area contributed by atoms with Crippen molar-refractivity contribution in [2.45, 2.75) is 32.7 Å². The molecule has 0 amide bonds. The number of methoxy groups -OCH3 is 1. The predicted molar refractivity (Wildman–Crippen MR) is 76.4 cm³/mol. The van der Waals surface area contributed by atoms with Crippen LogP contribution in [0.2, 0.25) is 0 Å². The number of ether oxygens (including phenoxy) is 2. The summed E-state index contributed by atoms with van der Waals surface area (Å²) < 4.78 is 10.9. The van der Waals surface area contributed by atoms with E-state index in [-0.39, 0.29) is 0 Å². The Morgan fingerprint density at radius 3 is 2.63 bits per heavy atom. The normalized spacial score (nSPS) is 16.3. The molecule has 0 atom stereocenters. The van der Waals surface area contributed by atoms with E-state index in [2.05, 4.69) is 22.6 Å². The molecule has 0 aromatic heterocycles. The molecule has 19 heavy (non-hydrogen) atoms. The molecule has 0 saturated carbocycles. The zero-order valence-electron chi connectivity index (χ0n) is 11.9. The maximum Gasteiger partial charge on any atom is 0.161 e. The van der Waals surface area contributed by atoms with Crippen LogP contribution >= 0.6 is 0 Å². The van der Waals surface area contributed by atoms with Gasteiger partial charge in [0, 0.05) is 19.6 Å². The summed E-state index contributed by atoms with van der Waals surface area (Å²) in [6, 6.07) is 6.11. The lowest BCUT2D eigenvalue weighted by molar-refractivity contribution is 0.151. The zero-order valence-corrected chi connectivity index (χ0v) is 11.9. The maximum atomic E-state index is 5.59. The second-order valence-corrected chi connectivity index (χ2v) is 4.80. The SMILES string of the molecule is CCOc1cc(CNN2CCCCC2)ccc1OC. The fourth-order valence-electron chi connectivity index (χ4n) is 2.35. The van der Waals surface area contributed by atoms with Crippen molar-refractivity contribution in [3.8, 4) is 11.5 Å². The maximum absolute atomic E-state index is 5.59. The van der Waals surface area contributed by atoms with Gasteiger partial charge >= 0.3 is 0 Å². The van der Waals surface area contributed by atoms with Crippen molar-refractivity contribution in [3.05, 3.63) is 23.8 Å². The van der Waals surface area contributed by atoms with Crippen molar-refractivity contribution in [3.63, 3.8) is 0 Å². The molecule has 1 N–H and O–H groups in total. The average molecular weight is 264 g/mol. The van der Waals surface area contributed by atoms with Gasteiger partial charge in [0.1, 0.15) is 0 Å². The van der Waals surface area contributed by atoms with E-state index in [1.54, 1.807) is 7.11 Å². The van der Waals surface area contributed by atoms with Gasteiger partial charge in [-0.1, -0.05) is 12.5 Å². The van der Waals surface area contributed by atoms with E-state index in [1.165, 1.54) is 24.8 Å². The summed E-state index contributed by atoms with van der Waals surface area (Å²) in [7, 11) is 1.67. The molecule has 1 fully saturated rings. The van der Waals surface area contributed by atoms with Gasteiger partial charge in [0.25, 0.3) is 0 Å². The first kappa shape index (κ1) is 14.2. The Labute approximate surface area is 115 Å². The van der Waals surface area contributed by atoms with Crippen molar-refractivity contribution >= 4 is 0 Å². The van der Waals surface area contributed by atoms with Gasteiger partial charge in [-0.05, 0) is 37.5 Å². The largest absolute Gasteiger partial charge is 0.493 e. The first-order chi connectivity index (χ1) is 9.33. The molecule has 0 spiro atoms. The molecule has 1 aliphatic rings. The van der Waals surface area contributed by atoms with Crippen molar-refractivity contribution in [1.82, 2.24) is 10.4 Å². The Hall–Kier alpha value is -1.26. The number of hydrazine groups is 1. The molecule has 0 radical (unpaired) electrons. The summed E-state index contributed by atoms with van der Waals surface area (Å²) in [6.45, 7) is 5.77. The molecule has 2 rings (SSSR count). The highest BCUT2D eigenvalue weighted by molar-refractivity contribution is 5.42. The highest BCUT2D eigenvalue weighted by Crippen LogP contribution is 2.28. The molecule has 1 heterocycles. The molecule has 1 saturated heterocycles. The van der Waals surface area contributed by atoms with E-state index >= 15 is 0 Å². The van der Waals surface area contributed by atoms with E-state index in [9.17, 15) is 0 Å². The molecule has 0 bridgehead atoms. The quantitative estimate of drug-likeness (QED) is 0.856. The second kappa shape index (κ2) is 7.36. The van der Waals surface area contributed by atoms with E-state index in [0.29, 0.717) is 6.61 Å². The van der Waals surface area contributed by atoms with Crippen LogP contribution in [0.3, 0.4) is 0 Å². The number of nitrogens with one attached hydrogen (secondary N) is 1. The van der Waals surface area contributed by atoms with Crippen LogP contribution in [-0.2, 0) is 6.54 Å². The van der Waals surface area contributed by atoms with Crippen LogP contribution in [0, 0.1) is 0 Å². The number of benzene rings is 1. The van der Waals surface area contributed by atoms with E-state index in [1.807, 2.05) is 13.0 Å². The zero-order chi connectivity index (χ0) is 13.5. The molecular weight excluding hydrogens is 240 g/mol. The summed E-state index contributed by atoms with van der Waals surface area (Å²) in [5.74, 6) is 1.62. The molecule has 1 aromatic rings. The molecule has 0 unspecified atom stereocenters. The van der Waals surface area contributed by atoms with Crippen LogP contribution in [-0.4, -0.2) is 31.8 Å². The fourth-order valence-corrected chi connectivity index (χ4v) is 2.35. The first-order valence-electron chi connectivity index (χ1n) is 7.11. The van der Waals surface area contributed by atoms with E-state index < -0.39 is 0 Å². The molecular formula is C15H24N2O2. The molecule has 1 aliphatic heterocycles. The van der Waals surface area contributed by atoms with E-state index in [4.69, 9.17) is 9.47 Å². The second-order valence-electron chi connectivity index (χ2n) is 4.80. The van der Waals surface area contributed by atoms with Crippen molar-refractivity contribution in [2.24, 2.45) is 0 Å². The Morgan fingerprint density at radius 2 is 1.95 bits per heavy atom. The summed E-state index contributed by atoms with van der Waals surface area (Å²) >= 11 is 0. The molecule has 0 aliphatic carbocycles. The van der Waals surface area contributed by atoms with Crippen molar-refractivity contribution in [1.29, 1.82) is 0 Å². The lowest BCUT2D eigenvalue weighted by Gasteiger charge is -2.27. The van der Waals surface area contributed by atoms with E-state index in [0.717, 1.165) is 31.1 Å². The molecule has 1 aromatic carbocycles. The lowest BCUT2D eigenvalue weighted by Crippen LogP contribution is -2.41. The number of hydrogen-bond donors (Lipinski definition) is 1. The van der Waals surface area contributed by atoms with Crippen molar-refractivity contribution < 1.29 is 9.47 Å². The number of piperidine rings is 1. The average Bonchev–Trinajstić information content (AvgIpc) is 2.47. The third-order valence-electron chi connectivity index (χ3n) is 3.39. The number of hydrogen-bond acceptors (Lipinski definition) is 4. The van der Waals surface area contributed by atoms with Crippen LogP contribution < -0.4 is 14.9 Å². The molecule has 4 heteroatoms. The van der Waals surface area contributed by atoms with Gasteiger partial charge in [0.15, 0.2) is 11.5 Å². The lowest BCUT2D eigenvalue weighted by atomic mass is 10.1. The number of rotatable bonds is 6. The van der Waals surface area contributed by atoms with Crippen LogP contribution in [0.1, 0.15) is 31.7 Å². The van der Waals surface area contributed by atoms with Gasteiger partial charge in [-0.2, -0.15) is 0 Å². The minimum atomic E-state index is 0.652. The smallest absolute Gasteiger partial charge is 0.161 e. The Morgan fingerprint density at radius 1 is 1.16 bits per heavy atom. The summed E-state index contributed by atoms with van der Waals surface area (Å²) in [5, 5.41) is 2.31. The van der Waals surface area contributed by atoms with Gasteiger partial charge < -0.3 is 9.47 Å². The topological polar surface area (TPSA) is 33.7 Å². The summed E-state index contributed by atoms with van der Waals surface area (Å²) in [4.78, 5) is 0. The highest BCUT2D eigenvalue weighted by atomic mass is 16.5. The molecule has 4 nitrogen and oxygen atoms in total. The first-order valence-corrected chi connectivity index (χ1v) is 7.11. The van der Waals surface area contributed by atoms with Crippen LogP contribution in [0.4, 0.5) is 0 Å². The van der Waals surface area contributed by atoms with Gasteiger partial charge in [0.2, 0.25) is 0 Å². The standard InChI is InChI=1S/C15H24N2O2/c1-3-19-15-11-13(7-8-14(15)18-2)12-16-17-9-5-4-6-10-17/h7-8,11,16H,3-6,9-10,12H2,1-2H3. The Bertz CT molecular complexity index is 390. The third kappa shape index (κ3) is 4.11. The Kier molecular flexibility index (Phi) is 5.48. The van der Waals surface area contributed by atoms with Crippen LogP contribution in [0.15, 0.2) is 18.2 Å². The van der Waals surface area contributed by atoms with Crippen LogP contribution in [0.5, 0.6) is 11.5 Å². The summed E-state index contributed by atoms with van der Waals surface area (Å²) in [5.41, 5.74) is 4.70. The highest BCUT2D eigenvalue weighted by Gasteiger charge is 2.10. The molecule has 106 valence electrons. The fraction of sp³-hybridized carbons (Fsp3) is 0.600. The number of nitrogens with zero attached hydrogens (tertiary/aromatic N) is 1. The summed E-state index contributed by atoms with van der Waals surface area (Å²) in [6.07, 6.45) is 3.94. The van der Waals surface area contributed by atoms with Gasteiger partial charge in [-0.3, -0.25) is 5.43 Å². The third-order valence-corrected chi connectivity index (χ3v) is 3.39. The minimum Gasteiger partial charge on any atom is -0.493 e. The van der Waals surface area contributed by atoms with Crippen LogP contribution in [0.25, 0.3) is 0 Å².